The minimum absolute atomic E-state index is 0.00504. The number of rotatable bonds is 4. The fourth-order valence-electron chi connectivity index (χ4n) is 5.05. The highest BCUT2D eigenvalue weighted by molar-refractivity contribution is 9.10. The molecule has 0 spiro atoms. The smallest absolute Gasteiger partial charge is 0.230 e. The van der Waals surface area contributed by atoms with E-state index in [0.717, 1.165) is 37.5 Å². The third-order valence-corrected chi connectivity index (χ3v) is 7.61. The monoisotopic (exact) mass is 544 g/mol. The largest absolute Gasteiger partial charge is 0.461 e. The molecule has 36 heavy (non-hydrogen) atoms. The summed E-state index contributed by atoms with van der Waals surface area (Å²) in [7, 11) is 0. The Morgan fingerprint density at radius 3 is 2.69 bits per heavy atom. The molecule has 0 atom stereocenters. The van der Waals surface area contributed by atoms with Crippen LogP contribution in [0.4, 0.5) is 0 Å². The number of halogens is 1. The van der Waals surface area contributed by atoms with E-state index in [0.29, 0.717) is 37.4 Å². The van der Waals surface area contributed by atoms with Crippen molar-refractivity contribution in [1.29, 1.82) is 0 Å². The quantitative estimate of drug-likeness (QED) is 0.332. The van der Waals surface area contributed by atoms with Crippen molar-refractivity contribution in [3.05, 3.63) is 88.4 Å². The van der Waals surface area contributed by atoms with Gasteiger partial charge in [-0.25, -0.2) is 4.68 Å². The molecule has 1 saturated heterocycles. The van der Waals surface area contributed by atoms with Crippen LogP contribution in [0.25, 0.3) is 27.4 Å². The van der Waals surface area contributed by atoms with Gasteiger partial charge in [-0.2, -0.15) is 0 Å². The van der Waals surface area contributed by atoms with Crippen LogP contribution in [0.15, 0.2) is 75.8 Å². The lowest BCUT2D eigenvalue weighted by atomic mass is 9.88. The second-order valence-corrected chi connectivity index (χ2v) is 10.4. The summed E-state index contributed by atoms with van der Waals surface area (Å²) < 4.78 is 8.68. The minimum Gasteiger partial charge on any atom is -0.461 e. The van der Waals surface area contributed by atoms with E-state index < -0.39 is 5.60 Å². The Kier molecular flexibility index (Phi) is 5.65. The fraction of sp³-hybridized carbons (Fsp3) is 0.250. The number of piperidine rings is 1. The summed E-state index contributed by atoms with van der Waals surface area (Å²) in [6.45, 7) is 2.90. The lowest BCUT2D eigenvalue weighted by molar-refractivity contribution is -0.135. The summed E-state index contributed by atoms with van der Waals surface area (Å²) in [5, 5.41) is 23.1. The van der Waals surface area contributed by atoms with Crippen LogP contribution < -0.4 is 0 Å². The van der Waals surface area contributed by atoms with Crippen LogP contribution in [0.5, 0.6) is 0 Å². The molecule has 182 valence electrons. The molecule has 3 heterocycles. The first kappa shape index (κ1) is 22.9. The SMILES string of the molecule is Cc1cc(Br)ccc1-n1cc(C2(O)CCN(C(=O)Cc3cc4c(ccc5ccccc54)o3)CC2)nn1. The first-order chi connectivity index (χ1) is 17.4. The summed E-state index contributed by atoms with van der Waals surface area (Å²) in [6.07, 6.45) is 2.79. The average Bonchev–Trinajstić information content (AvgIpc) is 3.52. The van der Waals surface area contributed by atoms with Gasteiger partial charge in [0.1, 0.15) is 22.6 Å². The van der Waals surface area contributed by atoms with Crippen molar-refractivity contribution in [2.24, 2.45) is 0 Å². The number of likely N-dealkylation sites (tertiary alicyclic amines) is 1. The van der Waals surface area contributed by atoms with Crippen LogP contribution in [0.1, 0.15) is 29.9 Å². The van der Waals surface area contributed by atoms with Gasteiger partial charge in [0.05, 0.1) is 18.3 Å². The molecule has 2 aromatic heterocycles. The highest BCUT2D eigenvalue weighted by Gasteiger charge is 2.38. The Morgan fingerprint density at radius 1 is 1.08 bits per heavy atom. The summed E-state index contributed by atoms with van der Waals surface area (Å²) in [5.74, 6) is 0.648. The highest BCUT2D eigenvalue weighted by Crippen LogP contribution is 2.33. The van der Waals surface area contributed by atoms with E-state index in [9.17, 15) is 9.90 Å². The van der Waals surface area contributed by atoms with Gasteiger partial charge in [-0.3, -0.25) is 4.79 Å². The number of carbonyl (C=O) groups is 1. The van der Waals surface area contributed by atoms with E-state index in [-0.39, 0.29) is 12.3 Å². The molecule has 8 heteroatoms. The molecule has 1 aliphatic rings. The van der Waals surface area contributed by atoms with Gasteiger partial charge in [0.2, 0.25) is 5.91 Å². The van der Waals surface area contributed by atoms with Crippen molar-refractivity contribution in [3.8, 4) is 5.69 Å². The van der Waals surface area contributed by atoms with Crippen molar-refractivity contribution < 1.29 is 14.3 Å². The van der Waals surface area contributed by atoms with Crippen molar-refractivity contribution in [2.45, 2.75) is 31.8 Å². The summed E-state index contributed by atoms with van der Waals surface area (Å²) >= 11 is 3.48. The lowest BCUT2D eigenvalue weighted by Crippen LogP contribution is -2.45. The molecular formula is C28H25BrN4O3. The third kappa shape index (κ3) is 4.10. The van der Waals surface area contributed by atoms with Gasteiger partial charge in [-0.15, -0.1) is 5.10 Å². The minimum atomic E-state index is -1.11. The Hall–Kier alpha value is -3.49. The summed E-state index contributed by atoms with van der Waals surface area (Å²) in [6, 6.07) is 20.0. The number of furan rings is 1. The second kappa shape index (κ2) is 8.87. The van der Waals surface area contributed by atoms with Crippen LogP contribution in [0, 0.1) is 6.92 Å². The fourth-order valence-corrected chi connectivity index (χ4v) is 5.52. The molecular weight excluding hydrogens is 520 g/mol. The zero-order valence-corrected chi connectivity index (χ0v) is 21.4. The van der Waals surface area contributed by atoms with Gasteiger partial charge in [0, 0.05) is 22.9 Å². The van der Waals surface area contributed by atoms with Gasteiger partial charge in [-0.05, 0) is 66.4 Å². The van der Waals surface area contributed by atoms with E-state index in [4.69, 9.17) is 4.42 Å². The van der Waals surface area contributed by atoms with Crippen LogP contribution in [0.3, 0.4) is 0 Å². The average molecular weight is 545 g/mol. The van der Waals surface area contributed by atoms with Gasteiger partial charge in [-0.1, -0.05) is 51.5 Å². The molecule has 7 nitrogen and oxygen atoms in total. The van der Waals surface area contributed by atoms with E-state index in [1.165, 1.54) is 0 Å². The molecule has 0 bridgehead atoms. The summed E-state index contributed by atoms with van der Waals surface area (Å²) in [5.41, 5.74) is 2.16. The van der Waals surface area contributed by atoms with E-state index in [1.807, 2.05) is 55.5 Å². The number of hydrogen-bond acceptors (Lipinski definition) is 5. The summed E-state index contributed by atoms with van der Waals surface area (Å²) in [4.78, 5) is 14.9. The number of carbonyl (C=O) groups excluding carboxylic acids is 1. The zero-order valence-electron chi connectivity index (χ0n) is 19.8. The second-order valence-electron chi connectivity index (χ2n) is 9.48. The maximum Gasteiger partial charge on any atom is 0.230 e. The normalized spacial score (nSPS) is 15.6. The number of aromatic nitrogens is 3. The topological polar surface area (TPSA) is 84.4 Å². The molecule has 0 radical (unpaired) electrons. The van der Waals surface area contributed by atoms with E-state index >= 15 is 0 Å². The van der Waals surface area contributed by atoms with Gasteiger partial charge in [0.25, 0.3) is 0 Å². The number of fused-ring (bicyclic) bond motifs is 3. The van der Waals surface area contributed by atoms with Crippen LogP contribution in [-0.4, -0.2) is 44.0 Å². The first-order valence-corrected chi connectivity index (χ1v) is 12.8. The molecule has 1 N–H and O–H groups in total. The molecule has 0 unspecified atom stereocenters. The van der Waals surface area contributed by atoms with Crippen molar-refractivity contribution in [3.63, 3.8) is 0 Å². The van der Waals surface area contributed by atoms with Crippen molar-refractivity contribution in [1.82, 2.24) is 19.9 Å². The molecule has 5 aromatic rings. The standard InChI is InChI=1S/C28H25BrN4O3/c1-18-14-20(29)7-8-24(18)33-17-26(30-31-33)28(35)10-12-32(13-11-28)27(34)16-21-15-23-22-5-3-2-4-19(22)6-9-25(23)36-21/h2-9,14-15,17,35H,10-13,16H2,1H3. The maximum absolute atomic E-state index is 13.1. The molecule has 6 rings (SSSR count). The molecule has 1 fully saturated rings. The molecule has 1 amide bonds. The van der Waals surface area contributed by atoms with E-state index in [2.05, 4.69) is 38.4 Å². The molecule has 0 aliphatic carbocycles. The predicted molar refractivity (Wildman–Crippen MR) is 141 cm³/mol. The number of benzene rings is 3. The Bertz CT molecular complexity index is 1600. The first-order valence-electron chi connectivity index (χ1n) is 12.0. The Morgan fingerprint density at radius 2 is 1.89 bits per heavy atom. The lowest BCUT2D eigenvalue weighted by Gasteiger charge is -2.36. The van der Waals surface area contributed by atoms with Gasteiger partial charge >= 0.3 is 0 Å². The Balaban J connectivity index is 1.14. The van der Waals surface area contributed by atoms with Crippen LogP contribution in [0.2, 0.25) is 0 Å². The molecule has 3 aromatic carbocycles. The van der Waals surface area contributed by atoms with Gasteiger partial charge in [0.15, 0.2) is 0 Å². The van der Waals surface area contributed by atoms with Gasteiger partial charge < -0.3 is 14.4 Å². The number of aliphatic hydroxyl groups is 1. The Labute approximate surface area is 216 Å². The van der Waals surface area contributed by atoms with Crippen molar-refractivity contribution >= 4 is 43.6 Å². The van der Waals surface area contributed by atoms with Crippen LogP contribution >= 0.6 is 15.9 Å². The highest BCUT2D eigenvalue weighted by atomic mass is 79.9. The number of nitrogens with zero attached hydrogens (tertiary/aromatic N) is 4. The molecule has 1 aliphatic heterocycles. The van der Waals surface area contributed by atoms with E-state index in [1.54, 1.807) is 15.8 Å². The number of aryl methyl sites for hydroxylation is 1. The van der Waals surface area contributed by atoms with Crippen LogP contribution in [-0.2, 0) is 16.8 Å². The predicted octanol–water partition coefficient (Wildman–Crippen LogP) is 5.29. The maximum atomic E-state index is 13.1. The molecule has 0 saturated carbocycles. The zero-order chi connectivity index (χ0) is 24.9. The third-order valence-electron chi connectivity index (χ3n) is 7.12. The number of hydrogen-bond donors (Lipinski definition) is 1. The number of amides is 1. The van der Waals surface area contributed by atoms with Crippen molar-refractivity contribution in [2.75, 3.05) is 13.1 Å².